The molecule has 0 spiro atoms. The van der Waals surface area contributed by atoms with Crippen LogP contribution in [-0.2, 0) is 0 Å². The molecule has 0 saturated carbocycles. The number of nitrogens with one attached hydrogen (secondary N) is 1. The Kier molecular flexibility index (Phi) is 5.50. The quantitative estimate of drug-likeness (QED) is 0.650. The van der Waals surface area contributed by atoms with Crippen molar-refractivity contribution < 1.29 is 4.39 Å². The van der Waals surface area contributed by atoms with Gasteiger partial charge in [-0.05, 0) is 49.2 Å². The van der Waals surface area contributed by atoms with E-state index in [9.17, 15) is 4.39 Å². The maximum absolute atomic E-state index is 13.6. The molecule has 0 aromatic heterocycles. The molecule has 2 atom stereocenters. The van der Waals surface area contributed by atoms with E-state index in [4.69, 9.17) is 34.8 Å². The van der Waals surface area contributed by atoms with Crippen molar-refractivity contribution >= 4 is 34.8 Å². The third-order valence-corrected chi connectivity index (χ3v) is 4.21. The van der Waals surface area contributed by atoms with Crippen LogP contribution in [0.25, 0.3) is 0 Å². The van der Waals surface area contributed by atoms with E-state index in [0.29, 0.717) is 15.6 Å². The minimum Gasteiger partial charge on any atom is -0.304 e. The predicted octanol–water partition coefficient (Wildman–Crippen LogP) is 6.20. The van der Waals surface area contributed by atoms with Crippen molar-refractivity contribution in [2.75, 3.05) is 0 Å². The fourth-order valence-electron chi connectivity index (χ4n) is 2.21. The van der Waals surface area contributed by atoms with E-state index in [-0.39, 0.29) is 17.1 Å². The summed E-state index contributed by atoms with van der Waals surface area (Å²) in [5.74, 6) is -0.472. The molecule has 2 aromatic carbocycles. The fourth-order valence-corrected chi connectivity index (χ4v) is 2.95. The van der Waals surface area contributed by atoms with Crippen molar-refractivity contribution in [2.45, 2.75) is 25.9 Å². The van der Waals surface area contributed by atoms with Gasteiger partial charge in [0, 0.05) is 22.1 Å². The second-order valence-electron chi connectivity index (χ2n) is 4.95. The molecule has 0 aliphatic heterocycles. The van der Waals surface area contributed by atoms with Crippen LogP contribution in [0.15, 0.2) is 36.4 Å². The van der Waals surface area contributed by atoms with Gasteiger partial charge in [0.1, 0.15) is 5.82 Å². The van der Waals surface area contributed by atoms with Gasteiger partial charge in [-0.3, -0.25) is 0 Å². The van der Waals surface area contributed by atoms with E-state index >= 15 is 0 Å². The molecular formula is C16H15Cl3FN. The SMILES string of the molecule is CC(NC(C)c1cc(F)c(Cl)cc1Cl)c1cccc(Cl)c1. The first-order valence-electron chi connectivity index (χ1n) is 6.54. The monoisotopic (exact) mass is 345 g/mol. The van der Waals surface area contributed by atoms with Gasteiger partial charge in [-0.1, -0.05) is 46.9 Å². The Morgan fingerprint density at radius 3 is 2.33 bits per heavy atom. The molecule has 5 heteroatoms. The molecule has 0 saturated heterocycles. The van der Waals surface area contributed by atoms with Crippen molar-refractivity contribution in [1.29, 1.82) is 0 Å². The van der Waals surface area contributed by atoms with E-state index < -0.39 is 5.82 Å². The van der Waals surface area contributed by atoms with Crippen LogP contribution in [0.1, 0.15) is 37.1 Å². The second kappa shape index (κ2) is 6.97. The largest absolute Gasteiger partial charge is 0.304 e. The van der Waals surface area contributed by atoms with Crippen LogP contribution in [0.5, 0.6) is 0 Å². The van der Waals surface area contributed by atoms with Crippen molar-refractivity contribution in [3.05, 3.63) is 68.4 Å². The molecule has 1 N–H and O–H groups in total. The highest BCUT2D eigenvalue weighted by atomic mass is 35.5. The van der Waals surface area contributed by atoms with Gasteiger partial charge in [-0.15, -0.1) is 0 Å². The number of hydrogen-bond acceptors (Lipinski definition) is 1. The van der Waals surface area contributed by atoms with Crippen molar-refractivity contribution in [3.8, 4) is 0 Å². The molecule has 2 unspecified atom stereocenters. The zero-order valence-corrected chi connectivity index (χ0v) is 13.9. The molecule has 0 fully saturated rings. The van der Waals surface area contributed by atoms with Crippen molar-refractivity contribution in [3.63, 3.8) is 0 Å². The Balaban J connectivity index is 2.18. The number of halogens is 4. The van der Waals surface area contributed by atoms with Gasteiger partial charge < -0.3 is 5.32 Å². The molecular weight excluding hydrogens is 332 g/mol. The average molecular weight is 347 g/mol. The summed E-state index contributed by atoms with van der Waals surface area (Å²) >= 11 is 17.8. The molecule has 112 valence electrons. The van der Waals surface area contributed by atoms with Gasteiger partial charge in [-0.25, -0.2) is 4.39 Å². The molecule has 21 heavy (non-hydrogen) atoms. The third-order valence-electron chi connectivity index (χ3n) is 3.35. The Bertz CT molecular complexity index is 645. The summed E-state index contributed by atoms with van der Waals surface area (Å²) in [6.45, 7) is 3.94. The summed E-state index contributed by atoms with van der Waals surface area (Å²) in [6, 6.07) is 10.3. The summed E-state index contributed by atoms with van der Waals surface area (Å²) in [5, 5.41) is 4.53. The zero-order chi connectivity index (χ0) is 15.6. The standard InChI is InChI=1S/C16H15Cl3FN/c1-9(11-4-3-5-12(17)6-11)21-10(2)13-7-16(20)15(19)8-14(13)18/h3-10,21H,1-2H3. The number of hydrogen-bond donors (Lipinski definition) is 1. The maximum atomic E-state index is 13.6. The molecule has 0 amide bonds. The first kappa shape index (κ1) is 16.6. The highest BCUT2D eigenvalue weighted by Gasteiger charge is 2.16. The maximum Gasteiger partial charge on any atom is 0.142 e. The first-order chi connectivity index (χ1) is 9.88. The van der Waals surface area contributed by atoms with Crippen LogP contribution in [0, 0.1) is 5.82 Å². The molecule has 0 aliphatic carbocycles. The molecule has 2 aromatic rings. The summed E-state index contributed by atoms with van der Waals surface area (Å²) in [6.07, 6.45) is 0. The Labute approximate surface area is 139 Å². The average Bonchev–Trinajstić information content (AvgIpc) is 2.42. The van der Waals surface area contributed by atoms with E-state index in [1.165, 1.54) is 12.1 Å². The predicted molar refractivity (Wildman–Crippen MR) is 87.8 cm³/mol. The van der Waals surface area contributed by atoms with Gasteiger partial charge in [-0.2, -0.15) is 0 Å². The molecule has 2 rings (SSSR count). The lowest BCUT2D eigenvalue weighted by Crippen LogP contribution is -2.22. The topological polar surface area (TPSA) is 12.0 Å². The Hall–Kier alpha value is -0.800. The summed E-state index contributed by atoms with van der Waals surface area (Å²) < 4.78 is 13.6. The summed E-state index contributed by atoms with van der Waals surface area (Å²) in [7, 11) is 0. The van der Waals surface area contributed by atoms with Crippen molar-refractivity contribution in [1.82, 2.24) is 5.32 Å². The van der Waals surface area contributed by atoms with E-state index in [2.05, 4.69) is 5.32 Å². The van der Waals surface area contributed by atoms with E-state index in [1.54, 1.807) is 0 Å². The van der Waals surface area contributed by atoms with Gasteiger partial charge in [0.05, 0.1) is 5.02 Å². The number of rotatable bonds is 4. The second-order valence-corrected chi connectivity index (χ2v) is 6.20. The van der Waals surface area contributed by atoms with E-state index in [0.717, 1.165) is 5.56 Å². The van der Waals surface area contributed by atoms with Crippen LogP contribution < -0.4 is 5.32 Å². The number of benzene rings is 2. The minimum absolute atomic E-state index is 0.0267. The van der Waals surface area contributed by atoms with Crippen LogP contribution in [0.2, 0.25) is 15.1 Å². The normalized spacial score (nSPS) is 14.0. The van der Waals surface area contributed by atoms with Crippen LogP contribution >= 0.6 is 34.8 Å². The fraction of sp³-hybridized carbons (Fsp3) is 0.250. The molecule has 1 nitrogen and oxygen atoms in total. The minimum atomic E-state index is -0.472. The van der Waals surface area contributed by atoms with Gasteiger partial charge in [0.25, 0.3) is 0 Å². The lowest BCUT2D eigenvalue weighted by Gasteiger charge is -2.22. The molecule has 0 heterocycles. The van der Waals surface area contributed by atoms with Crippen LogP contribution in [0.4, 0.5) is 4.39 Å². The van der Waals surface area contributed by atoms with Crippen LogP contribution in [-0.4, -0.2) is 0 Å². The zero-order valence-electron chi connectivity index (χ0n) is 11.6. The molecule has 0 bridgehead atoms. The molecule has 0 radical (unpaired) electrons. The highest BCUT2D eigenvalue weighted by molar-refractivity contribution is 6.35. The molecule has 0 aliphatic rings. The smallest absolute Gasteiger partial charge is 0.142 e. The van der Waals surface area contributed by atoms with Gasteiger partial charge in [0.2, 0.25) is 0 Å². The third kappa shape index (κ3) is 4.10. The lowest BCUT2D eigenvalue weighted by molar-refractivity contribution is 0.492. The van der Waals surface area contributed by atoms with Crippen LogP contribution in [0.3, 0.4) is 0 Å². The van der Waals surface area contributed by atoms with Crippen molar-refractivity contribution in [2.24, 2.45) is 0 Å². The van der Waals surface area contributed by atoms with Gasteiger partial charge in [0.15, 0.2) is 0 Å². The van der Waals surface area contributed by atoms with E-state index in [1.807, 2.05) is 38.1 Å². The Morgan fingerprint density at radius 1 is 0.952 bits per heavy atom. The highest BCUT2D eigenvalue weighted by Crippen LogP contribution is 2.30. The summed E-state index contributed by atoms with van der Waals surface area (Å²) in [4.78, 5) is 0. The Morgan fingerprint density at radius 2 is 1.67 bits per heavy atom. The first-order valence-corrected chi connectivity index (χ1v) is 7.68. The summed E-state index contributed by atoms with van der Waals surface area (Å²) in [5.41, 5.74) is 1.73. The lowest BCUT2D eigenvalue weighted by atomic mass is 10.0. The van der Waals surface area contributed by atoms with Gasteiger partial charge >= 0.3 is 0 Å².